The number of hydrogen-bond acceptors (Lipinski definition) is 2. The Morgan fingerprint density at radius 3 is 3.00 bits per heavy atom. The van der Waals surface area contributed by atoms with Crippen LogP contribution in [0.1, 0.15) is 6.92 Å². The van der Waals surface area contributed by atoms with Gasteiger partial charge in [-0.05, 0) is 6.92 Å². The summed E-state index contributed by atoms with van der Waals surface area (Å²) >= 11 is 1.83. The molecule has 0 unspecified atom stereocenters. The molecule has 1 rings (SSSR count). The van der Waals surface area contributed by atoms with Crippen LogP contribution >= 0.6 is 11.8 Å². The molecular formula is C5H9BNS. The van der Waals surface area contributed by atoms with Crippen LogP contribution in [0.4, 0.5) is 0 Å². The Labute approximate surface area is 55.0 Å². The van der Waals surface area contributed by atoms with Crippen LogP contribution in [0.5, 0.6) is 0 Å². The quantitative estimate of drug-likeness (QED) is 0.560. The zero-order valence-corrected chi connectivity index (χ0v) is 5.74. The van der Waals surface area contributed by atoms with Gasteiger partial charge in [0.1, 0.15) is 0 Å². The van der Waals surface area contributed by atoms with Crippen molar-refractivity contribution in [2.45, 2.75) is 13.0 Å². The molecule has 1 atom stereocenters. The fourth-order valence-corrected chi connectivity index (χ4v) is 1.07. The molecule has 1 nitrogen and oxygen atoms in total. The molecule has 1 aliphatic rings. The summed E-state index contributed by atoms with van der Waals surface area (Å²) in [7, 11) is 2.10. The van der Waals surface area contributed by atoms with Gasteiger partial charge in [0, 0.05) is 11.8 Å². The number of hydrogen-bond donors (Lipinski definition) is 1. The first-order valence-electron chi connectivity index (χ1n) is 2.72. The van der Waals surface area contributed by atoms with Crippen LogP contribution in [0.2, 0.25) is 0 Å². The molecule has 0 aliphatic carbocycles. The summed E-state index contributed by atoms with van der Waals surface area (Å²) in [5, 5.41) is 0. The van der Waals surface area contributed by atoms with Crippen molar-refractivity contribution in [2.75, 3.05) is 5.75 Å². The second-order valence-electron chi connectivity index (χ2n) is 2.02. The summed E-state index contributed by atoms with van der Waals surface area (Å²) in [4.78, 5) is 1.39. The molecule has 0 spiro atoms. The largest absolute Gasteiger partial charge is 0.327 e. The average Bonchev–Trinajstić information content (AvgIpc) is 2.41. The molecule has 1 aliphatic heterocycles. The lowest BCUT2D eigenvalue weighted by Crippen LogP contribution is -2.17. The van der Waals surface area contributed by atoms with Crippen molar-refractivity contribution in [3.05, 3.63) is 10.8 Å². The van der Waals surface area contributed by atoms with Gasteiger partial charge >= 0.3 is 0 Å². The van der Waals surface area contributed by atoms with Crippen LogP contribution in [-0.2, 0) is 0 Å². The predicted molar refractivity (Wildman–Crippen MR) is 39.9 cm³/mol. The Bertz CT molecular complexity index is 111. The Balaban J connectivity index is 1.95. The zero-order chi connectivity index (χ0) is 5.98. The minimum absolute atomic E-state index is 0.329. The highest BCUT2D eigenvalue weighted by atomic mass is 32.2. The number of nitrogens with two attached hydrogens (primary N) is 1. The summed E-state index contributed by atoms with van der Waals surface area (Å²) in [6.45, 7) is 2.02. The van der Waals surface area contributed by atoms with Gasteiger partial charge in [0.15, 0.2) is 7.28 Å². The first kappa shape index (κ1) is 6.24. The highest BCUT2D eigenvalue weighted by Crippen LogP contribution is 2.23. The van der Waals surface area contributed by atoms with Crippen molar-refractivity contribution in [3.63, 3.8) is 0 Å². The van der Waals surface area contributed by atoms with Gasteiger partial charge in [-0.1, -0.05) is 4.80 Å². The third-order valence-electron chi connectivity index (χ3n) is 0.816. The van der Waals surface area contributed by atoms with E-state index >= 15 is 0 Å². The summed E-state index contributed by atoms with van der Waals surface area (Å²) in [6, 6.07) is 0.329. The molecule has 0 saturated heterocycles. The van der Waals surface area contributed by atoms with Crippen LogP contribution in [0, 0.1) is 0 Å². The molecule has 1 heterocycles. The maximum absolute atomic E-state index is 5.51. The van der Waals surface area contributed by atoms with Gasteiger partial charge < -0.3 is 5.73 Å². The van der Waals surface area contributed by atoms with E-state index in [0.29, 0.717) is 6.04 Å². The highest BCUT2D eigenvalue weighted by molar-refractivity contribution is 8.05. The van der Waals surface area contributed by atoms with Gasteiger partial charge in [-0.25, -0.2) is 0 Å². The SMILES string of the molecule is C[C@@H](N)CSC1=C[B]1. The second-order valence-corrected chi connectivity index (χ2v) is 3.12. The Kier molecular flexibility index (Phi) is 2.03. The van der Waals surface area contributed by atoms with Gasteiger partial charge in [0.05, 0.1) is 0 Å². The Morgan fingerprint density at radius 2 is 2.62 bits per heavy atom. The monoisotopic (exact) mass is 126 g/mol. The molecule has 0 aromatic heterocycles. The van der Waals surface area contributed by atoms with Crippen LogP contribution < -0.4 is 5.73 Å². The Morgan fingerprint density at radius 1 is 2.00 bits per heavy atom. The first-order chi connectivity index (χ1) is 3.79. The lowest BCUT2D eigenvalue weighted by molar-refractivity contribution is 0.849. The maximum atomic E-state index is 5.51. The van der Waals surface area contributed by atoms with Crippen molar-refractivity contribution in [3.8, 4) is 0 Å². The predicted octanol–water partition coefficient (Wildman–Crippen LogP) is 0.584. The summed E-state index contributed by atoms with van der Waals surface area (Å²) in [5.74, 6) is 3.15. The Hall–Kier alpha value is 0.115. The van der Waals surface area contributed by atoms with E-state index in [2.05, 4.69) is 13.3 Å². The molecule has 1 radical (unpaired) electrons. The molecule has 2 N–H and O–H groups in total. The van der Waals surface area contributed by atoms with Gasteiger partial charge in [0.2, 0.25) is 0 Å². The summed E-state index contributed by atoms with van der Waals surface area (Å²) in [6.07, 6.45) is 0. The van der Waals surface area contributed by atoms with E-state index in [9.17, 15) is 0 Å². The van der Waals surface area contributed by atoms with Crippen LogP contribution in [-0.4, -0.2) is 19.1 Å². The zero-order valence-electron chi connectivity index (χ0n) is 4.92. The van der Waals surface area contributed by atoms with E-state index in [4.69, 9.17) is 5.73 Å². The topological polar surface area (TPSA) is 26.0 Å². The molecule has 0 aromatic carbocycles. The smallest absolute Gasteiger partial charge is 0.188 e. The standard InChI is InChI=1S/C5H9BNS/c1-4(7)3-8-5-2-6-5/h2,4H,3,7H2,1H3/t4-/m1/s1. The van der Waals surface area contributed by atoms with E-state index in [0.717, 1.165) is 5.75 Å². The summed E-state index contributed by atoms with van der Waals surface area (Å²) < 4.78 is 0. The van der Waals surface area contributed by atoms with Gasteiger partial charge in [-0.15, -0.1) is 17.7 Å². The van der Waals surface area contributed by atoms with Gasteiger partial charge in [-0.2, -0.15) is 0 Å². The lowest BCUT2D eigenvalue weighted by Gasteiger charge is -1.99. The summed E-state index contributed by atoms with van der Waals surface area (Å²) in [5.41, 5.74) is 5.51. The van der Waals surface area contributed by atoms with Crippen LogP contribution in [0.25, 0.3) is 0 Å². The molecule has 3 heteroatoms. The number of thioether (sulfide) groups is 1. The van der Waals surface area contributed by atoms with Crippen molar-refractivity contribution in [2.24, 2.45) is 5.73 Å². The fraction of sp³-hybridized carbons (Fsp3) is 0.600. The van der Waals surface area contributed by atoms with E-state index in [-0.39, 0.29) is 0 Å². The molecule has 0 saturated carbocycles. The lowest BCUT2D eigenvalue weighted by atomic mass is 10.1. The van der Waals surface area contributed by atoms with Crippen molar-refractivity contribution < 1.29 is 0 Å². The third-order valence-corrected chi connectivity index (χ3v) is 2.11. The van der Waals surface area contributed by atoms with Crippen molar-refractivity contribution >= 4 is 19.0 Å². The normalized spacial score (nSPS) is 19.0. The minimum atomic E-state index is 0.329. The molecule has 0 aromatic rings. The van der Waals surface area contributed by atoms with Crippen LogP contribution in [0.3, 0.4) is 0 Å². The van der Waals surface area contributed by atoms with E-state index < -0.39 is 0 Å². The molecule has 0 bridgehead atoms. The van der Waals surface area contributed by atoms with Crippen LogP contribution in [0.15, 0.2) is 10.8 Å². The highest BCUT2D eigenvalue weighted by Gasteiger charge is 2.09. The second kappa shape index (κ2) is 2.60. The first-order valence-corrected chi connectivity index (χ1v) is 3.71. The van der Waals surface area contributed by atoms with Crippen molar-refractivity contribution in [1.29, 1.82) is 0 Å². The van der Waals surface area contributed by atoms with E-state index in [1.54, 1.807) is 0 Å². The van der Waals surface area contributed by atoms with Crippen molar-refractivity contribution in [1.82, 2.24) is 0 Å². The van der Waals surface area contributed by atoms with Gasteiger partial charge in [-0.3, -0.25) is 0 Å². The number of rotatable bonds is 3. The molecular weight excluding hydrogens is 117 g/mol. The molecule has 43 valence electrons. The third kappa shape index (κ3) is 2.43. The van der Waals surface area contributed by atoms with Gasteiger partial charge in [0.25, 0.3) is 0 Å². The maximum Gasteiger partial charge on any atom is 0.188 e. The van der Waals surface area contributed by atoms with E-state index in [1.165, 1.54) is 4.80 Å². The fourth-order valence-electron chi connectivity index (χ4n) is 0.358. The van der Waals surface area contributed by atoms with E-state index in [1.807, 2.05) is 18.7 Å². The molecule has 0 fully saturated rings. The molecule has 8 heavy (non-hydrogen) atoms. The molecule has 0 amide bonds. The average molecular weight is 126 g/mol. The minimum Gasteiger partial charge on any atom is -0.327 e.